The predicted octanol–water partition coefficient (Wildman–Crippen LogP) is 4.67. The number of anilines is 1. The predicted molar refractivity (Wildman–Crippen MR) is 159 cm³/mol. The maximum Gasteiger partial charge on any atom is 0.244 e. The summed E-state index contributed by atoms with van der Waals surface area (Å²) in [6.45, 7) is 3.42. The minimum Gasteiger partial charge on any atom is -0.495 e. The van der Waals surface area contributed by atoms with Gasteiger partial charge < -0.3 is 15.0 Å². The third-order valence-electron chi connectivity index (χ3n) is 6.57. The first-order valence-corrected chi connectivity index (χ1v) is 15.2. The maximum absolute atomic E-state index is 14.1. The van der Waals surface area contributed by atoms with Gasteiger partial charge in [-0.1, -0.05) is 73.1 Å². The van der Waals surface area contributed by atoms with E-state index in [4.69, 9.17) is 16.3 Å². The fraction of sp³-hybridized carbons (Fsp3) is 0.333. The van der Waals surface area contributed by atoms with Crippen LogP contribution in [0.2, 0.25) is 5.02 Å². The topological polar surface area (TPSA) is 96.0 Å². The van der Waals surface area contributed by atoms with Crippen LogP contribution in [0.5, 0.6) is 5.75 Å². The van der Waals surface area contributed by atoms with Crippen molar-refractivity contribution in [2.24, 2.45) is 0 Å². The Hall–Kier alpha value is -3.56. The van der Waals surface area contributed by atoms with Gasteiger partial charge in [-0.05, 0) is 48.7 Å². The molecule has 3 aromatic carbocycles. The molecule has 0 fully saturated rings. The number of halogens is 1. The molecule has 1 N–H and O–H groups in total. The van der Waals surface area contributed by atoms with Gasteiger partial charge in [0, 0.05) is 24.0 Å². The van der Waals surface area contributed by atoms with Crippen LogP contribution in [0.3, 0.4) is 0 Å². The number of methoxy groups -OCH3 is 1. The number of carbonyl (C=O) groups is 2. The van der Waals surface area contributed by atoms with Crippen molar-refractivity contribution in [3.63, 3.8) is 0 Å². The van der Waals surface area contributed by atoms with Crippen molar-refractivity contribution in [3.8, 4) is 5.75 Å². The van der Waals surface area contributed by atoms with Crippen molar-refractivity contribution < 1.29 is 22.7 Å². The molecule has 0 bridgehead atoms. The van der Waals surface area contributed by atoms with Gasteiger partial charge in [0.25, 0.3) is 0 Å². The lowest BCUT2D eigenvalue weighted by Gasteiger charge is -2.34. The lowest BCUT2D eigenvalue weighted by Crippen LogP contribution is -2.54. The molecule has 0 saturated heterocycles. The first kappa shape index (κ1) is 31.0. The van der Waals surface area contributed by atoms with Crippen LogP contribution in [0.25, 0.3) is 0 Å². The molecule has 0 radical (unpaired) electrons. The van der Waals surface area contributed by atoms with Gasteiger partial charge in [0.05, 0.1) is 19.1 Å². The normalized spacial score (nSPS) is 12.7. The van der Waals surface area contributed by atoms with E-state index in [1.165, 1.54) is 12.0 Å². The molecule has 0 aliphatic heterocycles. The number of hydrogen-bond acceptors (Lipinski definition) is 5. The minimum atomic E-state index is -3.90. The van der Waals surface area contributed by atoms with Gasteiger partial charge in [-0.25, -0.2) is 8.42 Å². The number of nitrogens with zero attached hydrogens (tertiary/aromatic N) is 2. The van der Waals surface area contributed by atoms with E-state index >= 15 is 0 Å². The summed E-state index contributed by atoms with van der Waals surface area (Å²) in [5.74, 6) is -0.546. The Kier molecular flexibility index (Phi) is 11.0. The van der Waals surface area contributed by atoms with Gasteiger partial charge in [-0.3, -0.25) is 13.9 Å². The highest BCUT2D eigenvalue weighted by Crippen LogP contribution is 2.30. The van der Waals surface area contributed by atoms with Crippen LogP contribution in [0.4, 0.5) is 5.69 Å². The van der Waals surface area contributed by atoms with Crippen molar-refractivity contribution in [2.45, 2.75) is 45.3 Å². The van der Waals surface area contributed by atoms with Gasteiger partial charge in [0.1, 0.15) is 18.3 Å². The Morgan fingerprint density at radius 3 is 2.17 bits per heavy atom. The molecule has 0 heterocycles. The number of benzene rings is 3. The minimum absolute atomic E-state index is 0.0744. The highest BCUT2D eigenvalue weighted by atomic mass is 35.5. The molecule has 0 aliphatic rings. The van der Waals surface area contributed by atoms with Gasteiger partial charge in [-0.2, -0.15) is 0 Å². The number of nitrogens with one attached hydrogen (secondary N) is 1. The largest absolute Gasteiger partial charge is 0.495 e. The van der Waals surface area contributed by atoms with Gasteiger partial charge in [0.2, 0.25) is 21.8 Å². The average Bonchev–Trinajstić information content (AvgIpc) is 2.94. The Morgan fingerprint density at radius 1 is 0.950 bits per heavy atom. The smallest absolute Gasteiger partial charge is 0.244 e. The summed E-state index contributed by atoms with van der Waals surface area (Å²) in [5.41, 5.74) is 1.84. The van der Waals surface area contributed by atoms with E-state index < -0.39 is 28.5 Å². The number of amides is 2. The molecule has 0 saturated carbocycles. The zero-order valence-corrected chi connectivity index (χ0v) is 24.8. The SMILES string of the molecule is CC[C@H](C)NC(=O)[C@@H](Cc1ccccc1)N(Cc1ccc(Cl)cc1)C(=O)CN(c1ccccc1OC)S(C)(=O)=O. The Bertz CT molecular complexity index is 1380. The van der Waals surface area contributed by atoms with Crippen molar-refractivity contribution in [2.75, 3.05) is 24.2 Å². The van der Waals surface area contributed by atoms with Gasteiger partial charge in [0.15, 0.2) is 0 Å². The fourth-order valence-electron chi connectivity index (χ4n) is 4.21. The maximum atomic E-state index is 14.1. The molecular formula is C30H36ClN3O5S. The quantitative estimate of drug-likeness (QED) is 0.314. The second-order valence-electron chi connectivity index (χ2n) is 9.61. The standard InChI is InChI=1S/C30H36ClN3O5S/c1-5-22(2)32-30(36)27(19-23-11-7-6-8-12-23)33(20-24-15-17-25(31)18-16-24)29(35)21-34(40(4,37)38)26-13-9-10-14-28(26)39-3/h6-18,22,27H,5,19-21H2,1-4H3,(H,32,36)/t22-,27+/m0/s1. The molecule has 0 aromatic heterocycles. The first-order valence-electron chi connectivity index (χ1n) is 13.0. The molecule has 8 nitrogen and oxygen atoms in total. The number of rotatable bonds is 13. The Morgan fingerprint density at radius 2 is 1.57 bits per heavy atom. The molecule has 0 aliphatic carbocycles. The van der Waals surface area contributed by atoms with E-state index in [-0.39, 0.29) is 30.6 Å². The van der Waals surface area contributed by atoms with Gasteiger partial charge in [-0.15, -0.1) is 0 Å². The molecule has 40 heavy (non-hydrogen) atoms. The van der Waals surface area contributed by atoms with Crippen LogP contribution >= 0.6 is 11.6 Å². The summed E-state index contributed by atoms with van der Waals surface area (Å²) in [7, 11) is -2.46. The summed E-state index contributed by atoms with van der Waals surface area (Å²) in [4.78, 5) is 29.2. The van der Waals surface area contributed by atoms with Crippen molar-refractivity contribution in [3.05, 3.63) is 95.0 Å². The van der Waals surface area contributed by atoms with Crippen molar-refractivity contribution in [1.82, 2.24) is 10.2 Å². The molecule has 0 spiro atoms. The van der Waals surface area contributed by atoms with Crippen LogP contribution in [-0.2, 0) is 32.6 Å². The molecule has 3 rings (SSSR count). The summed E-state index contributed by atoms with van der Waals surface area (Å²) in [5, 5.41) is 3.55. The van der Waals surface area contributed by atoms with E-state index in [1.807, 2.05) is 44.2 Å². The third-order valence-corrected chi connectivity index (χ3v) is 7.95. The number of para-hydroxylation sites is 2. The van der Waals surface area contributed by atoms with Crippen molar-refractivity contribution >= 4 is 39.1 Å². The molecule has 2 amide bonds. The van der Waals surface area contributed by atoms with Crippen molar-refractivity contribution in [1.29, 1.82) is 0 Å². The summed E-state index contributed by atoms with van der Waals surface area (Å²) in [6.07, 6.45) is 1.99. The monoisotopic (exact) mass is 585 g/mol. The summed E-state index contributed by atoms with van der Waals surface area (Å²) >= 11 is 6.09. The van der Waals surface area contributed by atoms with Crippen LogP contribution in [0.1, 0.15) is 31.4 Å². The highest BCUT2D eigenvalue weighted by Gasteiger charge is 2.34. The summed E-state index contributed by atoms with van der Waals surface area (Å²) in [6, 6.07) is 22.0. The highest BCUT2D eigenvalue weighted by molar-refractivity contribution is 7.92. The zero-order valence-electron chi connectivity index (χ0n) is 23.2. The van der Waals surface area contributed by atoms with E-state index in [2.05, 4.69) is 5.32 Å². The molecule has 0 unspecified atom stereocenters. The van der Waals surface area contributed by atoms with E-state index in [1.54, 1.807) is 48.5 Å². The van der Waals surface area contributed by atoms with Crippen LogP contribution in [0, 0.1) is 0 Å². The molecule has 10 heteroatoms. The number of ether oxygens (including phenoxy) is 1. The molecule has 2 atom stereocenters. The summed E-state index contributed by atoms with van der Waals surface area (Å²) < 4.78 is 32.3. The Balaban J connectivity index is 2.07. The number of sulfonamides is 1. The fourth-order valence-corrected chi connectivity index (χ4v) is 5.19. The number of carbonyl (C=O) groups excluding carboxylic acids is 2. The molecular weight excluding hydrogens is 550 g/mol. The third kappa shape index (κ3) is 8.47. The average molecular weight is 586 g/mol. The Labute approximate surface area is 241 Å². The lowest BCUT2D eigenvalue weighted by molar-refractivity contribution is -0.140. The molecule has 214 valence electrons. The van der Waals surface area contributed by atoms with Crippen LogP contribution < -0.4 is 14.4 Å². The van der Waals surface area contributed by atoms with Gasteiger partial charge >= 0.3 is 0 Å². The lowest BCUT2D eigenvalue weighted by atomic mass is 10.0. The second-order valence-corrected chi connectivity index (χ2v) is 12.0. The second kappa shape index (κ2) is 14.2. The molecule has 3 aromatic rings. The first-order chi connectivity index (χ1) is 19.0. The zero-order chi connectivity index (χ0) is 29.3. The van der Waals surface area contributed by atoms with E-state index in [0.29, 0.717) is 17.2 Å². The van der Waals surface area contributed by atoms with E-state index in [0.717, 1.165) is 21.7 Å². The van der Waals surface area contributed by atoms with E-state index in [9.17, 15) is 18.0 Å². The number of hydrogen-bond donors (Lipinski definition) is 1. The van der Waals surface area contributed by atoms with Crippen LogP contribution in [-0.4, -0.2) is 57.1 Å². The van der Waals surface area contributed by atoms with Crippen LogP contribution in [0.15, 0.2) is 78.9 Å².